The fourth-order valence-electron chi connectivity index (χ4n) is 1.59. The van der Waals surface area contributed by atoms with Gasteiger partial charge in [0.25, 0.3) is 5.69 Å². The van der Waals surface area contributed by atoms with Gasteiger partial charge in [-0.2, -0.15) is 0 Å². The SMILES string of the molecule is CN(CSc1ccccc1)c1ccc([N+](=O)[O-])cc1. The molecule has 2 aromatic rings. The fraction of sp³-hybridized carbons (Fsp3) is 0.143. The second kappa shape index (κ2) is 6.24. The van der Waals surface area contributed by atoms with Crippen molar-refractivity contribution in [1.29, 1.82) is 0 Å². The molecule has 98 valence electrons. The molecule has 4 nitrogen and oxygen atoms in total. The van der Waals surface area contributed by atoms with Crippen LogP contribution in [0.15, 0.2) is 59.5 Å². The second-order valence-corrected chi connectivity index (χ2v) is 5.08. The Bertz CT molecular complexity index is 543. The molecule has 0 aliphatic carbocycles. The lowest BCUT2D eigenvalue weighted by Gasteiger charge is -2.18. The predicted octanol–water partition coefficient (Wildman–Crippen LogP) is 3.78. The Kier molecular flexibility index (Phi) is 4.41. The third-order valence-corrected chi connectivity index (χ3v) is 3.79. The highest BCUT2D eigenvalue weighted by molar-refractivity contribution is 7.99. The van der Waals surface area contributed by atoms with Gasteiger partial charge in [-0.1, -0.05) is 18.2 Å². The molecule has 0 N–H and O–H groups in total. The van der Waals surface area contributed by atoms with Gasteiger partial charge in [0, 0.05) is 29.8 Å². The first-order chi connectivity index (χ1) is 9.16. The summed E-state index contributed by atoms with van der Waals surface area (Å²) in [5.74, 6) is 0.793. The van der Waals surface area contributed by atoms with Gasteiger partial charge in [-0.05, 0) is 24.3 Å². The molecule has 0 aliphatic heterocycles. The number of hydrogen-bond donors (Lipinski definition) is 0. The minimum absolute atomic E-state index is 0.118. The van der Waals surface area contributed by atoms with Gasteiger partial charge in [0.1, 0.15) is 0 Å². The van der Waals surface area contributed by atoms with Gasteiger partial charge in [-0.3, -0.25) is 10.1 Å². The monoisotopic (exact) mass is 274 g/mol. The summed E-state index contributed by atoms with van der Waals surface area (Å²) in [7, 11) is 1.97. The number of thioether (sulfide) groups is 1. The third-order valence-electron chi connectivity index (χ3n) is 2.67. The summed E-state index contributed by atoms with van der Waals surface area (Å²) in [6.45, 7) is 0. The molecule has 0 atom stereocenters. The normalized spacial score (nSPS) is 10.2. The van der Waals surface area contributed by atoms with Crippen LogP contribution in [0.1, 0.15) is 0 Å². The molecular formula is C14H14N2O2S. The Morgan fingerprint density at radius 1 is 1.11 bits per heavy atom. The molecule has 0 spiro atoms. The molecule has 0 saturated carbocycles. The molecule has 0 saturated heterocycles. The van der Waals surface area contributed by atoms with Gasteiger partial charge in [0.2, 0.25) is 0 Å². The van der Waals surface area contributed by atoms with E-state index in [0.717, 1.165) is 11.6 Å². The van der Waals surface area contributed by atoms with Crippen LogP contribution < -0.4 is 4.90 Å². The average Bonchev–Trinajstić information content (AvgIpc) is 2.46. The molecule has 0 heterocycles. The van der Waals surface area contributed by atoms with Gasteiger partial charge in [-0.15, -0.1) is 11.8 Å². The van der Waals surface area contributed by atoms with Crippen molar-refractivity contribution in [2.45, 2.75) is 4.90 Å². The van der Waals surface area contributed by atoms with Crippen molar-refractivity contribution in [2.75, 3.05) is 17.8 Å². The van der Waals surface area contributed by atoms with Crippen molar-refractivity contribution in [3.05, 3.63) is 64.7 Å². The topological polar surface area (TPSA) is 46.4 Å². The highest BCUT2D eigenvalue weighted by Gasteiger charge is 2.06. The van der Waals surface area contributed by atoms with Crippen molar-refractivity contribution < 1.29 is 4.92 Å². The van der Waals surface area contributed by atoms with Crippen LogP contribution in [0.5, 0.6) is 0 Å². The van der Waals surface area contributed by atoms with Crippen LogP contribution >= 0.6 is 11.8 Å². The zero-order chi connectivity index (χ0) is 13.7. The smallest absolute Gasteiger partial charge is 0.269 e. The molecular weight excluding hydrogens is 260 g/mol. The van der Waals surface area contributed by atoms with Crippen molar-refractivity contribution in [1.82, 2.24) is 0 Å². The van der Waals surface area contributed by atoms with Crippen molar-refractivity contribution in [3.63, 3.8) is 0 Å². The standard InChI is InChI=1S/C14H14N2O2S/c1-15(11-19-14-5-3-2-4-6-14)12-7-9-13(10-8-12)16(17)18/h2-10H,11H2,1H3. The number of anilines is 1. The van der Waals surface area contributed by atoms with E-state index in [2.05, 4.69) is 17.0 Å². The minimum Gasteiger partial charge on any atom is -0.365 e. The largest absolute Gasteiger partial charge is 0.365 e. The highest BCUT2D eigenvalue weighted by atomic mass is 32.2. The van der Waals surface area contributed by atoms with Crippen LogP contribution in [0.25, 0.3) is 0 Å². The molecule has 0 radical (unpaired) electrons. The van der Waals surface area contributed by atoms with Crippen molar-refractivity contribution in [3.8, 4) is 0 Å². The summed E-state index contributed by atoms with van der Waals surface area (Å²) in [4.78, 5) is 13.5. The van der Waals surface area contributed by atoms with Crippen LogP contribution in [0, 0.1) is 10.1 Å². The first-order valence-electron chi connectivity index (χ1n) is 5.80. The molecule has 5 heteroatoms. The lowest BCUT2D eigenvalue weighted by Crippen LogP contribution is -2.15. The van der Waals surface area contributed by atoms with Gasteiger partial charge in [0.15, 0.2) is 0 Å². The first-order valence-corrected chi connectivity index (χ1v) is 6.79. The summed E-state index contributed by atoms with van der Waals surface area (Å²) in [5, 5.41) is 10.6. The molecule has 0 fully saturated rings. The molecule has 2 rings (SSSR count). The fourth-order valence-corrected chi connectivity index (χ4v) is 2.43. The van der Waals surface area contributed by atoms with Gasteiger partial charge in [0.05, 0.1) is 10.8 Å². The Morgan fingerprint density at radius 3 is 2.32 bits per heavy atom. The number of nitro groups is 1. The van der Waals surface area contributed by atoms with Crippen molar-refractivity contribution in [2.24, 2.45) is 0 Å². The van der Waals surface area contributed by atoms with E-state index in [0.29, 0.717) is 0 Å². The average molecular weight is 274 g/mol. The Hall–Kier alpha value is -2.01. The number of non-ortho nitro benzene ring substituents is 1. The maximum Gasteiger partial charge on any atom is 0.269 e. The summed E-state index contributed by atoms with van der Waals surface area (Å²) in [6, 6.07) is 16.7. The van der Waals surface area contributed by atoms with Gasteiger partial charge in [-0.25, -0.2) is 0 Å². The van der Waals surface area contributed by atoms with E-state index >= 15 is 0 Å². The van der Waals surface area contributed by atoms with E-state index in [9.17, 15) is 10.1 Å². The minimum atomic E-state index is -0.386. The molecule has 0 unspecified atom stereocenters. The van der Waals surface area contributed by atoms with Crippen LogP contribution in [-0.2, 0) is 0 Å². The lowest BCUT2D eigenvalue weighted by atomic mass is 10.3. The highest BCUT2D eigenvalue weighted by Crippen LogP contribution is 2.23. The number of nitro benzene ring substituents is 1. The van der Waals surface area contributed by atoms with Crippen LogP contribution in [0.4, 0.5) is 11.4 Å². The van der Waals surface area contributed by atoms with Crippen LogP contribution in [-0.4, -0.2) is 17.8 Å². The summed E-state index contributed by atoms with van der Waals surface area (Å²) in [6.07, 6.45) is 0. The molecule has 0 amide bonds. The maximum atomic E-state index is 10.6. The predicted molar refractivity (Wildman–Crippen MR) is 78.7 cm³/mol. The Balaban J connectivity index is 1.96. The van der Waals surface area contributed by atoms with E-state index in [1.807, 2.05) is 25.2 Å². The number of benzene rings is 2. The second-order valence-electron chi connectivity index (χ2n) is 4.06. The number of nitrogens with zero attached hydrogens (tertiary/aromatic N) is 2. The molecule has 19 heavy (non-hydrogen) atoms. The maximum absolute atomic E-state index is 10.6. The molecule has 2 aromatic carbocycles. The van der Waals surface area contributed by atoms with Crippen LogP contribution in [0.3, 0.4) is 0 Å². The van der Waals surface area contributed by atoms with Gasteiger partial charge >= 0.3 is 0 Å². The quantitative estimate of drug-likeness (QED) is 0.360. The van der Waals surface area contributed by atoms with E-state index in [1.165, 1.54) is 17.0 Å². The first kappa shape index (κ1) is 13.4. The number of rotatable bonds is 5. The van der Waals surface area contributed by atoms with Crippen LogP contribution in [0.2, 0.25) is 0 Å². The molecule has 0 bridgehead atoms. The van der Waals surface area contributed by atoms with E-state index < -0.39 is 0 Å². The van der Waals surface area contributed by atoms with Crippen molar-refractivity contribution >= 4 is 23.1 Å². The molecule has 0 aromatic heterocycles. The van der Waals surface area contributed by atoms with E-state index in [-0.39, 0.29) is 10.6 Å². The zero-order valence-corrected chi connectivity index (χ0v) is 11.3. The Morgan fingerprint density at radius 2 is 1.74 bits per heavy atom. The van der Waals surface area contributed by atoms with E-state index in [1.54, 1.807) is 23.9 Å². The molecule has 0 aliphatic rings. The number of hydrogen-bond acceptors (Lipinski definition) is 4. The Labute approximate surface area is 116 Å². The summed E-state index contributed by atoms with van der Waals surface area (Å²) in [5.41, 5.74) is 1.09. The zero-order valence-electron chi connectivity index (χ0n) is 10.5. The van der Waals surface area contributed by atoms with E-state index in [4.69, 9.17) is 0 Å². The summed E-state index contributed by atoms with van der Waals surface area (Å²) < 4.78 is 0. The lowest BCUT2D eigenvalue weighted by molar-refractivity contribution is -0.384. The third kappa shape index (κ3) is 3.72. The summed E-state index contributed by atoms with van der Waals surface area (Å²) >= 11 is 1.73. The van der Waals surface area contributed by atoms with Gasteiger partial charge < -0.3 is 4.90 Å².